The highest BCUT2D eigenvalue weighted by Gasteiger charge is 2.11. The molecular weight excluding hydrogens is 290 g/mol. The smallest absolute Gasteiger partial charge is 0.161 e. The molecule has 0 fully saturated rings. The first kappa shape index (κ1) is 15.2. The van der Waals surface area contributed by atoms with Crippen LogP contribution >= 0.6 is 0 Å². The molecular formula is C19H19NO3. The molecule has 1 heterocycles. The van der Waals surface area contributed by atoms with Crippen LogP contribution in [0.25, 0.3) is 0 Å². The third-order valence-electron chi connectivity index (χ3n) is 3.78. The molecule has 0 spiro atoms. The van der Waals surface area contributed by atoms with Crippen LogP contribution in [0.5, 0.6) is 17.2 Å². The Hall–Kier alpha value is -2.67. The predicted molar refractivity (Wildman–Crippen MR) is 87.1 cm³/mol. The van der Waals surface area contributed by atoms with E-state index in [1.807, 2.05) is 31.2 Å². The Kier molecular flexibility index (Phi) is 4.68. The summed E-state index contributed by atoms with van der Waals surface area (Å²) in [7, 11) is 0. The number of benzene rings is 2. The van der Waals surface area contributed by atoms with Crippen LogP contribution in [0.15, 0.2) is 36.4 Å². The zero-order valence-corrected chi connectivity index (χ0v) is 13.2. The van der Waals surface area contributed by atoms with E-state index in [4.69, 9.17) is 19.5 Å². The van der Waals surface area contributed by atoms with Crippen molar-refractivity contribution in [1.29, 1.82) is 5.26 Å². The zero-order valence-electron chi connectivity index (χ0n) is 13.2. The van der Waals surface area contributed by atoms with Crippen molar-refractivity contribution in [3.8, 4) is 23.3 Å². The van der Waals surface area contributed by atoms with Crippen molar-refractivity contribution in [2.75, 3.05) is 19.8 Å². The molecule has 0 saturated heterocycles. The summed E-state index contributed by atoms with van der Waals surface area (Å²) >= 11 is 0. The summed E-state index contributed by atoms with van der Waals surface area (Å²) in [5.74, 6) is 2.49. The van der Waals surface area contributed by atoms with Gasteiger partial charge >= 0.3 is 0 Å². The Morgan fingerprint density at radius 3 is 2.70 bits per heavy atom. The van der Waals surface area contributed by atoms with Gasteiger partial charge in [-0.25, -0.2) is 0 Å². The molecule has 1 aliphatic rings. The SMILES string of the molecule is Cc1cc(C#N)ccc1OCCCc1ccc2c(c1)OCCO2. The largest absolute Gasteiger partial charge is 0.493 e. The second-order valence-corrected chi connectivity index (χ2v) is 5.52. The Bertz CT molecular complexity index is 734. The molecule has 0 unspecified atom stereocenters. The first-order valence-corrected chi connectivity index (χ1v) is 7.78. The lowest BCUT2D eigenvalue weighted by Gasteiger charge is -2.18. The molecule has 23 heavy (non-hydrogen) atoms. The summed E-state index contributed by atoms with van der Waals surface area (Å²) in [6.45, 7) is 3.82. The Balaban J connectivity index is 1.51. The molecule has 118 valence electrons. The van der Waals surface area contributed by atoms with Gasteiger partial charge in [0.25, 0.3) is 0 Å². The minimum absolute atomic E-state index is 0.609. The van der Waals surface area contributed by atoms with E-state index in [-0.39, 0.29) is 0 Å². The zero-order chi connectivity index (χ0) is 16.1. The van der Waals surface area contributed by atoms with Gasteiger partial charge in [-0.3, -0.25) is 0 Å². The molecule has 3 rings (SSSR count). The Morgan fingerprint density at radius 2 is 1.91 bits per heavy atom. The fourth-order valence-electron chi connectivity index (χ4n) is 2.58. The quantitative estimate of drug-likeness (QED) is 0.791. The number of nitrogens with zero attached hydrogens (tertiary/aromatic N) is 1. The van der Waals surface area contributed by atoms with Crippen molar-refractivity contribution >= 4 is 0 Å². The molecule has 0 saturated carbocycles. The summed E-state index contributed by atoms with van der Waals surface area (Å²) in [5, 5.41) is 8.87. The van der Waals surface area contributed by atoms with Gasteiger partial charge in [0.1, 0.15) is 19.0 Å². The summed E-state index contributed by atoms with van der Waals surface area (Å²) in [6.07, 6.45) is 1.84. The maximum absolute atomic E-state index is 8.87. The molecule has 0 N–H and O–H groups in total. The molecule has 4 heteroatoms. The van der Waals surface area contributed by atoms with E-state index in [2.05, 4.69) is 12.1 Å². The van der Waals surface area contributed by atoms with Crippen molar-refractivity contribution < 1.29 is 14.2 Å². The fourth-order valence-corrected chi connectivity index (χ4v) is 2.58. The van der Waals surface area contributed by atoms with Crippen LogP contribution in [-0.4, -0.2) is 19.8 Å². The van der Waals surface area contributed by atoms with Gasteiger partial charge in [0.15, 0.2) is 11.5 Å². The fraction of sp³-hybridized carbons (Fsp3) is 0.316. The molecule has 0 radical (unpaired) electrons. The summed E-state index contributed by atoms with van der Waals surface area (Å²) < 4.78 is 16.9. The second kappa shape index (κ2) is 7.06. The number of hydrogen-bond donors (Lipinski definition) is 0. The monoisotopic (exact) mass is 309 g/mol. The van der Waals surface area contributed by atoms with E-state index in [0.29, 0.717) is 25.4 Å². The van der Waals surface area contributed by atoms with Crippen molar-refractivity contribution in [3.05, 3.63) is 53.1 Å². The molecule has 2 aromatic carbocycles. The van der Waals surface area contributed by atoms with Crippen molar-refractivity contribution in [1.82, 2.24) is 0 Å². The van der Waals surface area contributed by atoms with Crippen LogP contribution in [0.3, 0.4) is 0 Å². The molecule has 0 bridgehead atoms. The van der Waals surface area contributed by atoms with E-state index in [0.717, 1.165) is 35.7 Å². The summed E-state index contributed by atoms with van der Waals surface area (Å²) in [6, 6.07) is 13.7. The highest BCUT2D eigenvalue weighted by atomic mass is 16.6. The standard InChI is InChI=1S/C19H19NO3/c1-14-11-16(13-20)5-6-17(14)21-8-2-3-15-4-7-18-19(12-15)23-10-9-22-18/h4-7,11-12H,2-3,8-10H2,1H3. The highest BCUT2D eigenvalue weighted by Crippen LogP contribution is 2.31. The van der Waals surface area contributed by atoms with Crippen LogP contribution in [0.4, 0.5) is 0 Å². The first-order valence-electron chi connectivity index (χ1n) is 7.78. The van der Waals surface area contributed by atoms with Crippen LogP contribution in [0.1, 0.15) is 23.1 Å². The lowest BCUT2D eigenvalue weighted by molar-refractivity contribution is 0.171. The number of fused-ring (bicyclic) bond motifs is 1. The van der Waals surface area contributed by atoms with Crippen LogP contribution in [-0.2, 0) is 6.42 Å². The topological polar surface area (TPSA) is 51.5 Å². The predicted octanol–water partition coefficient (Wildman–Crippen LogP) is 3.65. The number of nitriles is 1. The van der Waals surface area contributed by atoms with Gasteiger partial charge in [-0.05, 0) is 61.2 Å². The van der Waals surface area contributed by atoms with Gasteiger partial charge in [-0.2, -0.15) is 5.26 Å². The molecule has 0 amide bonds. The van der Waals surface area contributed by atoms with Gasteiger partial charge in [0, 0.05) is 0 Å². The number of rotatable bonds is 5. The number of hydrogen-bond acceptors (Lipinski definition) is 4. The number of ether oxygens (including phenoxy) is 3. The third kappa shape index (κ3) is 3.75. The normalized spacial score (nSPS) is 12.5. The third-order valence-corrected chi connectivity index (χ3v) is 3.78. The minimum Gasteiger partial charge on any atom is -0.493 e. The molecule has 0 aliphatic carbocycles. The van der Waals surface area contributed by atoms with E-state index in [1.54, 1.807) is 6.07 Å². The molecule has 2 aromatic rings. The molecule has 0 atom stereocenters. The van der Waals surface area contributed by atoms with E-state index >= 15 is 0 Å². The summed E-state index contributed by atoms with van der Waals surface area (Å²) in [5.41, 5.74) is 2.86. The average molecular weight is 309 g/mol. The lowest BCUT2D eigenvalue weighted by Crippen LogP contribution is -2.15. The Labute approximate surface area is 136 Å². The maximum atomic E-state index is 8.87. The van der Waals surface area contributed by atoms with Gasteiger partial charge in [-0.1, -0.05) is 6.07 Å². The van der Waals surface area contributed by atoms with E-state index < -0.39 is 0 Å². The maximum Gasteiger partial charge on any atom is 0.161 e. The molecule has 4 nitrogen and oxygen atoms in total. The van der Waals surface area contributed by atoms with Gasteiger partial charge < -0.3 is 14.2 Å². The summed E-state index contributed by atoms with van der Waals surface area (Å²) in [4.78, 5) is 0. The minimum atomic E-state index is 0.609. The van der Waals surface area contributed by atoms with Gasteiger partial charge in [0.05, 0.1) is 18.2 Å². The molecule has 0 aromatic heterocycles. The average Bonchev–Trinajstić information content (AvgIpc) is 2.59. The van der Waals surface area contributed by atoms with Crippen LogP contribution in [0.2, 0.25) is 0 Å². The van der Waals surface area contributed by atoms with Gasteiger partial charge in [-0.15, -0.1) is 0 Å². The lowest BCUT2D eigenvalue weighted by atomic mass is 10.1. The van der Waals surface area contributed by atoms with E-state index in [1.165, 1.54) is 5.56 Å². The molecule has 1 aliphatic heterocycles. The van der Waals surface area contributed by atoms with Crippen LogP contribution in [0, 0.1) is 18.3 Å². The second-order valence-electron chi connectivity index (χ2n) is 5.52. The van der Waals surface area contributed by atoms with E-state index in [9.17, 15) is 0 Å². The Morgan fingerprint density at radius 1 is 1.09 bits per heavy atom. The van der Waals surface area contributed by atoms with Gasteiger partial charge in [0.2, 0.25) is 0 Å². The number of aryl methyl sites for hydroxylation is 2. The van der Waals surface area contributed by atoms with Crippen molar-refractivity contribution in [3.63, 3.8) is 0 Å². The first-order chi connectivity index (χ1) is 11.3. The van der Waals surface area contributed by atoms with Crippen molar-refractivity contribution in [2.24, 2.45) is 0 Å². The van der Waals surface area contributed by atoms with Crippen molar-refractivity contribution in [2.45, 2.75) is 19.8 Å². The highest BCUT2D eigenvalue weighted by molar-refractivity contribution is 5.44. The van der Waals surface area contributed by atoms with Crippen LogP contribution < -0.4 is 14.2 Å².